The number of thiophene rings is 1. The highest BCUT2D eigenvalue weighted by Crippen LogP contribution is 2.47. The number of phenolic OH excluding ortho intramolecular Hbond substituents is 1. The summed E-state index contributed by atoms with van der Waals surface area (Å²) in [6, 6.07) is 27.3. The normalized spacial score (nSPS) is 11.3. The van der Waals surface area contributed by atoms with Crippen molar-refractivity contribution in [1.82, 2.24) is 3.97 Å². The van der Waals surface area contributed by atoms with Crippen molar-refractivity contribution in [1.29, 1.82) is 5.26 Å². The van der Waals surface area contributed by atoms with Crippen molar-refractivity contribution in [2.24, 2.45) is 0 Å². The summed E-state index contributed by atoms with van der Waals surface area (Å²) in [6.07, 6.45) is 0. The number of hydrogen-bond donors (Lipinski definition) is 2. The summed E-state index contributed by atoms with van der Waals surface area (Å²) in [7, 11) is -4.48. The van der Waals surface area contributed by atoms with Crippen molar-refractivity contribution in [3.8, 4) is 45.3 Å². The summed E-state index contributed by atoms with van der Waals surface area (Å²) in [5.74, 6) is -2.46. The molecular weight excluding hydrogens is 588 g/mol. The zero-order chi connectivity index (χ0) is 30.5. The molecule has 0 atom stereocenters. The lowest BCUT2D eigenvalue weighted by molar-refractivity contribution is 0.0697. The number of fused-ring (bicyclic) bond motifs is 1. The number of carboxylic acids is 1. The van der Waals surface area contributed by atoms with E-state index in [1.165, 1.54) is 18.2 Å². The molecule has 0 spiro atoms. The van der Waals surface area contributed by atoms with Gasteiger partial charge in [-0.3, -0.25) is 0 Å². The Morgan fingerprint density at radius 3 is 2.40 bits per heavy atom. The van der Waals surface area contributed by atoms with Crippen LogP contribution in [0.1, 0.15) is 20.8 Å². The van der Waals surface area contributed by atoms with Crippen molar-refractivity contribution in [3.63, 3.8) is 0 Å². The maximum atomic E-state index is 14.8. The molecule has 0 amide bonds. The van der Waals surface area contributed by atoms with Crippen LogP contribution >= 0.6 is 11.3 Å². The molecule has 0 fully saturated rings. The van der Waals surface area contributed by atoms with Crippen molar-refractivity contribution in [3.05, 3.63) is 118 Å². The second-order valence-corrected chi connectivity index (χ2v) is 12.4. The van der Waals surface area contributed by atoms with E-state index in [-0.39, 0.29) is 37.5 Å². The van der Waals surface area contributed by atoms with Gasteiger partial charge in [-0.2, -0.15) is 13.7 Å². The number of aromatic carboxylic acids is 1. The zero-order valence-electron chi connectivity index (χ0n) is 22.3. The number of nitriles is 1. The number of halogens is 1. The third-order valence-electron chi connectivity index (χ3n) is 6.99. The molecule has 6 rings (SSSR count). The van der Waals surface area contributed by atoms with Gasteiger partial charge >= 0.3 is 5.97 Å². The topological polar surface area (TPSA) is 120 Å². The van der Waals surface area contributed by atoms with Crippen LogP contribution in [0.5, 0.6) is 5.75 Å². The molecule has 210 valence electrons. The number of rotatable bonds is 6. The van der Waals surface area contributed by atoms with Gasteiger partial charge < -0.3 is 10.2 Å². The molecule has 0 radical (unpaired) electrons. The molecule has 0 aliphatic rings. The lowest BCUT2D eigenvalue weighted by atomic mass is 9.96. The molecular formula is C33H19FN2O5S2. The van der Waals surface area contributed by atoms with E-state index in [0.29, 0.717) is 27.8 Å². The number of phenols is 1. The molecule has 0 saturated carbocycles. The first-order valence-electron chi connectivity index (χ1n) is 12.8. The highest BCUT2D eigenvalue weighted by molar-refractivity contribution is 7.90. The molecule has 10 heteroatoms. The Bertz CT molecular complexity index is 2210. The molecule has 0 aliphatic carbocycles. The average Bonchev–Trinajstić information content (AvgIpc) is 3.60. The zero-order valence-corrected chi connectivity index (χ0v) is 23.9. The second kappa shape index (κ2) is 10.4. The van der Waals surface area contributed by atoms with Gasteiger partial charge in [-0.1, -0.05) is 36.4 Å². The van der Waals surface area contributed by atoms with E-state index in [1.807, 2.05) is 0 Å². The minimum absolute atomic E-state index is 0.0956. The molecule has 2 N–H and O–H groups in total. The fourth-order valence-corrected chi connectivity index (χ4v) is 7.22. The Morgan fingerprint density at radius 2 is 1.72 bits per heavy atom. The predicted octanol–water partition coefficient (Wildman–Crippen LogP) is 7.26. The van der Waals surface area contributed by atoms with Gasteiger partial charge in [-0.05, 0) is 77.5 Å². The highest BCUT2D eigenvalue weighted by atomic mass is 32.2. The van der Waals surface area contributed by atoms with Crippen LogP contribution in [0.3, 0.4) is 0 Å². The Kier molecular flexibility index (Phi) is 6.74. The van der Waals surface area contributed by atoms with E-state index in [1.54, 1.807) is 60.8 Å². The van der Waals surface area contributed by atoms with Crippen LogP contribution in [-0.2, 0) is 10.0 Å². The van der Waals surface area contributed by atoms with Gasteiger partial charge in [0, 0.05) is 28.1 Å². The third kappa shape index (κ3) is 4.69. The maximum Gasteiger partial charge on any atom is 0.335 e. The molecule has 2 aromatic heterocycles. The monoisotopic (exact) mass is 606 g/mol. The van der Waals surface area contributed by atoms with Crippen LogP contribution in [-0.4, -0.2) is 28.6 Å². The van der Waals surface area contributed by atoms with Gasteiger partial charge in [0.15, 0.2) is 0 Å². The second-order valence-electron chi connectivity index (χ2n) is 9.68. The van der Waals surface area contributed by atoms with Gasteiger partial charge in [0.05, 0.1) is 11.3 Å². The molecule has 0 bridgehead atoms. The van der Waals surface area contributed by atoms with Crippen LogP contribution in [0.15, 0.2) is 89.1 Å². The standard InChI is InChI=1S/C33H19FN2O5S2/c1-19-5-11-25(12-6-19)43(40,41)36-31(23-4-2-3-22(15-23)20-7-9-21(10-8-20)33(38)39)30(26-13-14-42-29(26)18-35)27-16-24(34)17-28(37)32(27)36/h2-5,7-11,13-17,37H,1H3,(H,38,39). The van der Waals surface area contributed by atoms with Crippen molar-refractivity contribution >= 4 is 38.2 Å². The number of benzene rings is 3. The highest BCUT2D eigenvalue weighted by Gasteiger charge is 2.32. The Hall–Kier alpha value is -5.42. The fourth-order valence-electron chi connectivity index (χ4n) is 5.04. The molecule has 0 saturated heterocycles. The lowest BCUT2D eigenvalue weighted by Crippen LogP contribution is -2.14. The minimum Gasteiger partial charge on any atom is -0.506 e. The van der Waals surface area contributed by atoms with E-state index in [9.17, 15) is 33.1 Å². The van der Waals surface area contributed by atoms with Crippen molar-refractivity contribution in [2.75, 3.05) is 0 Å². The first kappa shape index (κ1) is 27.7. The Morgan fingerprint density at radius 1 is 0.977 bits per heavy atom. The van der Waals surface area contributed by atoms with Crippen LogP contribution in [0.2, 0.25) is 0 Å². The minimum atomic E-state index is -4.48. The van der Waals surface area contributed by atoms with Crippen LogP contribution in [0, 0.1) is 36.2 Å². The average molecular weight is 607 g/mol. The van der Waals surface area contributed by atoms with Gasteiger partial charge in [-0.25, -0.2) is 13.2 Å². The number of aromatic nitrogens is 1. The van der Waals surface area contributed by atoms with E-state index in [4.69, 9.17) is 0 Å². The number of aromatic hydroxyl groups is 1. The number of aryl methyl sites for hydroxylation is 1. The molecule has 43 heavy (non-hydrogen) atoms. The van der Waals surface area contributed by atoms with E-state index >= 15 is 0 Å². The number of nitrogens with zero attached hydrogens (tertiary/aromatic N) is 2. The SMILES string of the molecule is Cc1c#cc(S(=O)(=O)n2c(-c3cccc(-c4ccc(C(=O)O)cc4)c3)c(-c3ccsc3C#N)c3cc(F)cc(O)c32)cc1. The lowest BCUT2D eigenvalue weighted by Gasteiger charge is -2.14. The predicted molar refractivity (Wildman–Crippen MR) is 161 cm³/mol. The van der Waals surface area contributed by atoms with Crippen LogP contribution in [0.4, 0.5) is 4.39 Å². The van der Waals surface area contributed by atoms with Gasteiger partial charge in [-0.15, -0.1) is 11.3 Å². The molecule has 0 unspecified atom stereocenters. The summed E-state index contributed by atoms with van der Waals surface area (Å²) in [5.41, 5.74) is 3.05. The summed E-state index contributed by atoms with van der Waals surface area (Å²) >= 11 is 1.15. The summed E-state index contributed by atoms with van der Waals surface area (Å²) in [5, 5.41) is 32.0. The van der Waals surface area contributed by atoms with Gasteiger partial charge in [0.1, 0.15) is 32.9 Å². The van der Waals surface area contributed by atoms with Crippen molar-refractivity contribution in [2.45, 2.75) is 11.8 Å². The van der Waals surface area contributed by atoms with E-state index < -0.39 is 27.6 Å². The first-order chi connectivity index (χ1) is 20.6. The molecule has 4 aromatic carbocycles. The fraction of sp³-hybridized carbons (Fsp3) is 0.0303. The number of hydrogen-bond acceptors (Lipinski definition) is 6. The quantitative estimate of drug-likeness (QED) is 0.206. The van der Waals surface area contributed by atoms with Crippen LogP contribution in [0.25, 0.3) is 44.4 Å². The summed E-state index contributed by atoms with van der Waals surface area (Å²) in [6.45, 7) is 1.74. The molecule has 6 aromatic rings. The molecule has 2 heterocycles. The third-order valence-corrected chi connectivity index (χ3v) is 9.45. The van der Waals surface area contributed by atoms with E-state index in [0.717, 1.165) is 27.4 Å². The van der Waals surface area contributed by atoms with Crippen LogP contribution < -0.4 is 0 Å². The largest absolute Gasteiger partial charge is 0.506 e. The van der Waals surface area contributed by atoms with E-state index in [2.05, 4.69) is 18.2 Å². The van der Waals surface area contributed by atoms with Gasteiger partial charge in [0.2, 0.25) is 0 Å². The Balaban J connectivity index is 1.74. The van der Waals surface area contributed by atoms with Gasteiger partial charge in [0.25, 0.3) is 10.0 Å². The summed E-state index contributed by atoms with van der Waals surface area (Å²) < 4.78 is 44.6. The molecule has 0 aliphatic heterocycles. The number of carbonyl (C=O) groups is 1. The Labute approximate surface area is 250 Å². The smallest absolute Gasteiger partial charge is 0.335 e. The maximum absolute atomic E-state index is 14.8. The molecule has 7 nitrogen and oxygen atoms in total. The summed E-state index contributed by atoms with van der Waals surface area (Å²) in [4.78, 5) is 11.4. The number of carboxylic acid groups (broad SMARTS) is 1. The van der Waals surface area contributed by atoms with Crippen molar-refractivity contribution < 1.29 is 27.8 Å². The first-order valence-corrected chi connectivity index (χ1v) is 15.1.